The molecule has 2 N–H and O–H groups in total. The van der Waals surface area contributed by atoms with Crippen molar-refractivity contribution >= 4 is 22.7 Å². The van der Waals surface area contributed by atoms with Gasteiger partial charge < -0.3 is 15.2 Å². The fourth-order valence-corrected chi connectivity index (χ4v) is 3.44. The molecular weight excluding hydrogens is 290 g/mol. The van der Waals surface area contributed by atoms with Gasteiger partial charge in [-0.25, -0.2) is 0 Å². The Morgan fingerprint density at radius 2 is 1.91 bits per heavy atom. The number of hydrogen-bond donors (Lipinski definition) is 1. The number of piperidine rings is 1. The fraction of sp³-hybridized carbons (Fsp3) is 0.444. The lowest BCUT2D eigenvalue weighted by Gasteiger charge is -2.30. The summed E-state index contributed by atoms with van der Waals surface area (Å²) in [6, 6.07) is 8.26. The molecule has 0 radical (unpaired) electrons. The summed E-state index contributed by atoms with van der Waals surface area (Å²) in [5.74, 6) is -0.147. The topological polar surface area (TPSA) is 68.3 Å². The zero-order valence-electron chi connectivity index (χ0n) is 13.5. The van der Waals surface area contributed by atoms with Crippen LogP contribution in [0.3, 0.4) is 0 Å². The number of primary amides is 1. The second kappa shape index (κ2) is 6.44. The normalized spacial score (nSPS) is 16.0. The molecule has 0 spiro atoms. The molecule has 0 saturated carbocycles. The molecule has 1 aliphatic heterocycles. The SMILES string of the molecule is Cn1cc(CCC(=O)N2CCC(C(N)=O)CC2)c2ccccc21. The molecule has 2 heterocycles. The number of benzene rings is 1. The standard InChI is InChI=1S/C18H23N3O2/c1-20-12-14(15-4-2-3-5-16(15)20)6-7-17(22)21-10-8-13(9-11-21)18(19)23/h2-5,12-13H,6-11H2,1H3,(H2,19,23). The Morgan fingerprint density at radius 1 is 1.22 bits per heavy atom. The first-order valence-electron chi connectivity index (χ1n) is 8.16. The van der Waals surface area contributed by atoms with E-state index in [1.807, 2.05) is 24.1 Å². The molecule has 1 aromatic carbocycles. The molecule has 3 rings (SSSR count). The predicted molar refractivity (Wildman–Crippen MR) is 89.7 cm³/mol. The highest BCUT2D eigenvalue weighted by atomic mass is 16.2. The molecule has 0 unspecified atom stereocenters. The Labute approximate surface area is 136 Å². The van der Waals surface area contributed by atoms with Crippen LogP contribution in [0.1, 0.15) is 24.8 Å². The smallest absolute Gasteiger partial charge is 0.222 e. The van der Waals surface area contributed by atoms with Gasteiger partial charge in [0, 0.05) is 49.6 Å². The van der Waals surface area contributed by atoms with Crippen LogP contribution >= 0.6 is 0 Å². The molecule has 23 heavy (non-hydrogen) atoms. The minimum absolute atomic E-state index is 0.0721. The van der Waals surface area contributed by atoms with E-state index >= 15 is 0 Å². The van der Waals surface area contributed by atoms with Crippen molar-refractivity contribution in [2.75, 3.05) is 13.1 Å². The van der Waals surface area contributed by atoms with Crippen LogP contribution in [-0.2, 0) is 23.1 Å². The lowest BCUT2D eigenvalue weighted by molar-refractivity contribution is -0.134. The van der Waals surface area contributed by atoms with E-state index in [9.17, 15) is 9.59 Å². The van der Waals surface area contributed by atoms with Crippen LogP contribution < -0.4 is 5.73 Å². The number of carbonyl (C=O) groups excluding carboxylic acids is 2. The molecule has 0 bridgehead atoms. The predicted octanol–water partition coefficient (Wildman–Crippen LogP) is 1.83. The van der Waals surface area contributed by atoms with Gasteiger partial charge in [0.2, 0.25) is 11.8 Å². The van der Waals surface area contributed by atoms with Gasteiger partial charge in [-0.3, -0.25) is 9.59 Å². The molecule has 1 aromatic heterocycles. The van der Waals surface area contributed by atoms with Gasteiger partial charge in [0.25, 0.3) is 0 Å². The maximum absolute atomic E-state index is 12.4. The highest BCUT2D eigenvalue weighted by molar-refractivity contribution is 5.85. The van der Waals surface area contributed by atoms with Gasteiger partial charge in [-0.05, 0) is 30.9 Å². The Balaban J connectivity index is 1.60. The third kappa shape index (κ3) is 3.23. The van der Waals surface area contributed by atoms with E-state index in [0.29, 0.717) is 32.4 Å². The van der Waals surface area contributed by atoms with Crippen LogP contribution in [0.2, 0.25) is 0 Å². The summed E-state index contributed by atoms with van der Waals surface area (Å²) in [4.78, 5) is 25.4. The van der Waals surface area contributed by atoms with Crippen LogP contribution in [0.5, 0.6) is 0 Å². The molecule has 0 aliphatic carbocycles. The summed E-state index contributed by atoms with van der Waals surface area (Å²) in [6.07, 6.45) is 4.74. The molecule has 2 aromatic rings. The molecule has 1 saturated heterocycles. The number of aromatic nitrogens is 1. The summed E-state index contributed by atoms with van der Waals surface area (Å²) in [5.41, 5.74) is 7.74. The van der Waals surface area contributed by atoms with Gasteiger partial charge in [-0.15, -0.1) is 0 Å². The van der Waals surface area contributed by atoms with Crippen LogP contribution in [0.25, 0.3) is 10.9 Å². The monoisotopic (exact) mass is 313 g/mol. The Hall–Kier alpha value is -2.30. The maximum Gasteiger partial charge on any atom is 0.222 e. The van der Waals surface area contributed by atoms with Gasteiger partial charge in [0.15, 0.2) is 0 Å². The number of likely N-dealkylation sites (tertiary alicyclic amines) is 1. The van der Waals surface area contributed by atoms with E-state index in [4.69, 9.17) is 5.73 Å². The number of aryl methyl sites for hydroxylation is 2. The Bertz CT molecular complexity index is 727. The zero-order chi connectivity index (χ0) is 16.4. The van der Waals surface area contributed by atoms with Gasteiger partial charge in [0.1, 0.15) is 0 Å². The molecule has 2 amide bonds. The van der Waals surface area contributed by atoms with Crippen LogP contribution in [-0.4, -0.2) is 34.4 Å². The van der Waals surface area contributed by atoms with Crippen molar-refractivity contribution in [1.29, 1.82) is 0 Å². The average molecular weight is 313 g/mol. The summed E-state index contributed by atoms with van der Waals surface area (Å²) in [7, 11) is 2.03. The van der Waals surface area contributed by atoms with E-state index < -0.39 is 0 Å². The van der Waals surface area contributed by atoms with Gasteiger partial charge in [-0.1, -0.05) is 18.2 Å². The van der Waals surface area contributed by atoms with Crippen LogP contribution in [0.4, 0.5) is 0 Å². The zero-order valence-corrected chi connectivity index (χ0v) is 13.5. The molecule has 1 aliphatic rings. The second-order valence-corrected chi connectivity index (χ2v) is 6.34. The summed E-state index contributed by atoms with van der Waals surface area (Å²) in [5, 5.41) is 1.22. The van der Waals surface area contributed by atoms with Crippen LogP contribution in [0, 0.1) is 5.92 Å². The molecule has 1 fully saturated rings. The first kappa shape index (κ1) is 15.6. The quantitative estimate of drug-likeness (QED) is 0.935. The third-order valence-electron chi connectivity index (χ3n) is 4.84. The van der Waals surface area contributed by atoms with E-state index in [2.05, 4.69) is 22.9 Å². The molecule has 5 nitrogen and oxygen atoms in total. The molecule has 0 atom stereocenters. The van der Waals surface area contributed by atoms with Crippen LogP contribution in [0.15, 0.2) is 30.5 Å². The minimum atomic E-state index is -0.243. The second-order valence-electron chi connectivity index (χ2n) is 6.34. The lowest BCUT2D eigenvalue weighted by atomic mass is 9.96. The largest absolute Gasteiger partial charge is 0.369 e. The molecular formula is C18H23N3O2. The Morgan fingerprint density at radius 3 is 2.61 bits per heavy atom. The number of para-hydroxylation sites is 1. The third-order valence-corrected chi connectivity index (χ3v) is 4.84. The maximum atomic E-state index is 12.4. The van der Waals surface area contributed by atoms with Crippen molar-refractivity contribution in [3.05, 3.63) is 36.0 Å². The number of nitrogens with two attached hydrogens (primary N) is 1. The van der Waals surface area contributed by atoms with Crippen molar-refractivity contribution < 1.29 is 9.59 Å². The number of nitrogens with zero attached hydrogens (tertiary/aromatic N) is 2. The first-order chi connectivity index (χ1) is 11.1. The van der Waals surface area contributed by atoms with Crippen molar-refractivity contribution in [2.24, 2.45) is 18.7 Å². The van der Waals surface area contributed by atoms with Gasteiger partial charge >= 0.3 is 0 Å². The van der Waals surface area contributed by atoms with Crippen molar-refractivity contribution in [3.8, 4) is 0 Å². The summed E-state index contributed by atoms with van der Waals surface area (Å²) >= 11 is 0. The molecule has 122 valence electrons. The first-order valence-corrected chi connectivity index (χ1v) is 8.16. The van der Waals surface area contributed by atoms with E-state index in [1.54, 1.807) is 0 Å². The minimum Gasteiger partial charge on any atom is -0.369 e. The number of fused-ring (bicyclic) bond motifs is 1. The number of rotatable bonds is 4. The molecule has 5 heteroatoms. The Kier molecular flexibility index (Phi) is 4.37. The number of hydrogen-bond acceptors (Lipinski definition) is 2. The van der Waals surface area contributed by atoms with Gasteiger partial charge in [-0.2, -0.15) is 0 Å². The van der Waals surface area contributed by atoms with Gasteiger partial charge in [0.05, 0.1) is 0 Å². The van der Waals surface area contributed by atoms with E-state index in [0.717, 1.165) is 6.42 Å². The average Bonchev–Trinajstić information content (AvgIpc) is 2.89. The fourth-order valence-electron chi connectivity index (χ4n) is 3.44. The van der Waals surface area contributed by atoms with Crippen molar-refractivity contribution in [3.63, 3.8) is 0 Å². The lowest BCUT2D eigenvalue weighted by Crippen LogP contribution is -2.41. The summed E-state index contributed by atoms with van der Waals surface area (Å²) < 4.78 is 2.10. The number of carbonyl (C=O) groups is 2. The van der Waals surface area contributed by atoms with Crippen molar-refractivity contribution in [1.82, 2.24) is 9.47 Å². The highest BCUT2D eigenvalue weighted by Crippen LogP contribution is 2.22. The van der Waals surface area contributed by atoms with Crippen molar-refractivity contribution in [2.45, 2.75) is 25.7 Å². The summed E-state index contributed by atoms with van der Waals surface area (Å²) in [6.45, 7) is 1.28. The van der Waals surface area contributed by atoms with E-state index in [1.165, 1.54) is 16.5 Å². The van der Waals surface area contributed by atoms with E-state index in [-0.39, 0.29) is 17.7 Å². The highest BCUT2D eigenvalue weighted by Gasteiger charge is 2.25. The number of amides is 2.